The van der Waals surface area contributed by atoms with Crippen molar-refractivity contribution in [2.45, 2.75) is 6.36 Å². The zero-order valence-corrected chi connectivity index (χ0v) is 12.6. The monoisotopic (exact) mass is 353 g/mol. The van der Waals surface area contributed by atoms with Gasteiger partial charge >= 0.3 is 12.3 Å². The van der Waals surface area contributed by atoms with Gasteiger partial charge in [-0.25, -0.2) is 4.79 Å². The Morgan fingerprint density at radius 2 is 1.84 bits per heavy atom. The van der Waals surface area contributed by atoms with E-state index in [1.54, 1.807) is 0 Å². The molecule has 2 aromatic carbocycles. The van der Waals surface area contributed by atoms with Crippen LogP contribution in [-0.2, 0) is 4.74 Å². The first-order chi connectivity index (χ1) is 11.8. The molecule has 3 rings (SSSR count). The topological polar surface area (TPSA) is 73.9 Å². The van der Waals surface area contributed by atoms with Crippen LogP contribution in [0.2, 0.25) is 0 Å². The van der Waals surface area contributed by atoms with Crippen LogP contribution in [0.1, 0.15) is 20.7 Å². The highest BCUT2D eigenvalue weighted by Crippen LogP contribution is 2.39. The molecule has 25 heavy (non-hydrogen) atoms. The molecule has 0 radical (unpaired) electrons. The second-order valence-electron chi connectivity index (χ2n) is 4.96. The van der Waals surface area contributed by atoms with E-state index in [9.17, 15) is 22.8 Å². The molecule has 0 atom stereocenters. The number of anilines is 1. The number of halogens is 3. The fourth-order valence-electron chi connectivity index (χ4n) is 2.24. The predicted octanol–water partition coefficient (Wildman–Crippen LogP) is 3.73. The Morgan fingerprint density at radius 1 is 1.12 bits per heavy atom. The fraction of sp³-hybridized carbons (Fsp3) is 0.125. The van der Waals surface area contributed by atoms with Gasteiger partial charge < -0.3 is 19.5 Å². The molecule has 1 heterocycles. The average Bonchev–Trinajstić information content (AvgIpc) is 2.68. The quantitative estimate of drug-likeness (QED) is 0.833. The number of hydrogen-bond acceptors (Lipinski definition) is 5. The molecule has 0 bridgehead atoms. The van der Waals surface area contributed by atoms with Crippen LogP contribution in [0.25, 0.3) is 0 Å². The van der Waals surface area contributed by atoms with Gasteiger partial charge in [0.2, 0.25) is 0 Å². The number of hydrogen-bond donors (Lipinski definition) is 1. The molecule has 0 aliphatic carbocycles. The summed E-state index contributed by atoms with van der Waals surface area (Å²) >= 11 is 0. The van der Waals surface area contributed by atoms with Crippen LogP contribution in [0.5, 0.6) is 17.2 Å². The first-order valence-corrected chi connectivity index (χ1v) is 6.88. The van der Waals surface area contributed by atoms with Crippen LogP contribution >= 0.6 is 0 Å². The van der Waals surface area contributed by atoms with Crippen molar-refractivity contribution < 1.29 is 37.0 Å². The minimum absolute atomic E-state index is 0.00238. The lowest BCUT2D eigenvalue weighted by Crippen LogP contribution is -2.17. The van der Waals surface area contributed by atoms with Gasteiger partial charge in [-0.05, 0) is 30.3 Å². The van der Waals surface area contributed by atoms with Gasteiger partial charge in [-0.1, -0.05) is 0 Å². The van der Waals surface area contributed by atoms with Crippen LogP contribution in [0, 0.1) is 0 Å². The summed E-state index contributed by atoms with van der Waals surface area (Å²) in [6, 6.07) is 7.37. The maximum Gasteiger partial charge on any atom is 0.573 e. The largest absolute Gasteiger partial charge is 0.573 e. The lowest BCUT2D eigenvalue weighted by atomic mass is 10.1. The molecule has 1 amide bonds. The Kier molecular flexibility index (Phi) is 3.99. The van der Waals surface area contributed by atoms with Gasteiger partial charge in [0, 0.05) is 6.07 Å². The summed E-state index contributed by atoms with van der Waals surface area (Å²) in [5, 5.41) is 2.43. The highest BCUT2D eigenvalue weighted by Gasteiger charge is 2.32. The van der Waals surface area contributed by atoms with E-state index in [2.05, 4.69) is 14.8 Å². The molecule has 0 saturated heterocycles. The van der Waals surface area contributed by atoms with E-state index >= 15 is 0 Å². The van der Waals surface area contributed by atoms with E-state index in [1.807, 2.05) is 0 Å². The SMILES string of the molecule is COC(=O)c1ccc2c(c1)C(=O)Nc1cc(OC(F)(F)F)ccc1O2. The number of amides is 1. The molecule has 0 aromatic heterocycles. The maximum absolute atomic E-state index is 12.3. The van der Waals surface area contributed by atoms with E-state index in [4.69, 9.17) is 4.74 Å². The number of fused-ring (bicyclic) bond motifs is 2. The van der Waals surface area contributed by atoms with Crippen LogP contribution in [0.3, 0.4) is 0 Å². The molecule has 2 aromatic rings. The number of nitrogens with one attached hydrogen (secondary N) is 1. The summed E-state index contributed by atoms with van der Waals surface area (Å²) in [5.74, 6) is -1.51. The smallest absolute Gasteiger partial charge is 0.465 e. The van der Waals surface area contributed by atoms with Crippen LogP contribution in [0.15, 0.2) is 36.4 Å². The molecule has 6 nitrogen and oxygen atoms in total. The average molecular weight is 353 g/mol. The molecule has 0 saturated carbocycles. The number of carbonyl (C=O) groups is 2. The Hall–Kier alpha value is -3.23. The maximum atomic E-state index is 12.3. The number of carbonyl (C=O) groups excluding carboxylic acids is 2. The summed E-state index contributed by atoms with van der Waals surface area (Å²) in [6.45, 7) is 0. The van der Waals surface area contributed by atoms with Gasteiger partial charge in [0.15, 0.2) is 5.75 Å². The second kappa shape index (κ2) is 6.00. The van der Waals surface area contributed by atoms with Crippen molar-refractivity contribution in [3.05, 3.63) is 47.5 Å². The van der Waals surface area contributed by atoms with E-state index in [1.165, 1.54) is 31.4 Å². The van der Waals surface area contributed by atoms with Crippen molar-refractivity contribution in [3.8, 4) is 17.2 Å². The molecule has 1 aliphatic heterocycles. The lowest BCUT2D eigenvalue weighted by Gasteiger charge is -2.12. The first-order valence-electron chi connectivity index (χ1n) is 6.88. The van der Waals surface area contributed by atoms with Crippen molar-refractivity contribution in [2.75, 3.05) is 12.4 Å². The summed E-state index contributed by atoms with van der Waals surface area (Å²) in [4.78, 5) is 23.9. The fourth-order valence-corrected chi connectivity index (χ4v) is 2.24. The molecular formula is C16H10F3NO5. The Labute approximate surface area is 139 Å². The number of alkyl halides is 3. The molecule has 9 heteroatoms. The minimum Gasteiger partial charge on any atom is -0.465 e. The van der Waals surface area contributed by atoms with Crippen LogP contribution in [-0.4, -0.2) is 25.3 Å². The third kappa shape index (κ3) is 3.49. The summed E-state index contributed by atoms with van der Waals surface area (Å²) < 4.78 is 50.9. The highest BCUT2D eigenvalue weighted by molar-refractivity contribution is 6.09. The van der Waals surface area contributed by atoms with Crippen LogP contribution < -0.4 is 14.8 Å². The predicted molar refractivity (Wildman–Crippen MR) is 78.9 cm³/mol. The minimum atomic E-state index is -4.86. The summed E-state index contributed by atoms with van der Waals surface area (Å²) in [6.07, 6.45) is -4.86. The molecule has 0 spiro atoms. The van der Waals surface area contributed by atoms with Gasteiger partial charge in [0.1, 0.15) is 11.5 Å². The molecule has 0 fully saturated rings. The van der Waals surface area contributed by atoms with Crippen molar-refractivity contribution in [2.24, 2.45) is 0 Å². The van der Waals surface area contributed by atoms with Crippen molar-refractivity contribution in [1.29, 1.82) is 0 Å². The van der Waals surface area contributed by atoms with Gasteiger partial charge in [-0.2, -0.15) is 0 Å². The number of ether oxygens (including phenoxy) is 3. The number of rotatable bonds is 2. The zero-order valence-electron chi connectivity index (χ0n) is 12.6. The van der Waals surface area contributed by atoms with E-state index in [0.717, 1.165) is 12.1 Å². The summed E-state index contributed by atoms with van der Waals surface area (Å²) in [7, 11) is 1.20. The lowest BCUT2D eigenvalue weighted by molar-refractivity contribution is -0.274. The molecule has 0 unspecified atom stereocenters. The normalized spacial score (nSPS) is 12.9. The number of esters is 1. The van der Waals surface area contributed by atoms with Gasteiger partial charge in [0.05, 0.1) is 23.9 Å². The van der Waals surface area contributed by atoms with E-state index in [-0.39, 0.29) is 28.3 Å². The van der Waals surface area contributed by atoms with Gasteiger partial charge in [-0.15, -0.1) is 13.2 Å². The van der Waals surface area contributed by atoms with Gasteiger partial charge in [0.25, 0.3) is 5.91 Å². The van der Waals surface area contributed by atoms with E-state index in [0.29, 0.717) is 0 Å². The third-order valence-corrected chi connectivity index (χ3v) is 3.30. The first kappa shape index (κ1) is 16.6. The Bertz CT molecular complexity index is 863. The van der Waals surface area contributed by atoms with Gasteiger partial charge in [-0.3, -0.25) is 4.79 Å². The molecule has 1 aliphatic rings. The number of benzene rings is 2. The molecular weight excluding hydrogens is 343 g/mol. The van der Waals surface area contributed by atoms with Crippen LogP contribution in [0.4, 0.5) is 18.9 Å². The zero-order chi connectivity index (χ0) is 18.2. The molecule has 1 N–H and O–H groups in total. The Morgan fingerprint density at radius 3 is 2.52 bits per heavy atom. The third-order valence-electron chi connectivity index (χ3n) is 3.30. The Balaban J connectivity index is 1.97. The van der Waals surface area contributed by atoms with Crippen molar-refractivity contribution in [3.63, 3.8) is 0 Å². The second-order valence-corrected chi connectivity index (χ2v) is 4.96. The standard InChI is InChI=1S/C16H10F3NO5/c1-23-15(22)8-2-4-12-10(6-8)14(21)20-11-7-9(25-16(17,18)19)3-5-13(11)24-12/h2-7H,1H3,(H,20,21). The molecule has 130 valence electrons. The summed E-state index contributed by atoms with van der Waals surface area (Å²) in [5.41, 5.74) is 0.173. The van der Waals surface area contributed by atoms with Crippen molar-refractivity contribution in [1.82, 2.24) is 0 Å². The number of methoxy groups -OCH3 is 1. The highest BCUT2D eigenvalue weighted by atomic mass is 19.4. The van der Waals surface area contributed by atoms with E-state index < -0.39 is 24.0 Å². The van der Waals surface area contributed by atoms with Crippen molar-refractivity contribution >= 4 is 17.6 Å².